The summed E-state index contributed by atoms with van der Waals surface area (Å²) in [7, 11) is 0. The van der Waals surface area contributed by atoms with E-state index < -0.39 is 28.6 Å². The molecule has 0 amide bonds. The lowest BCUT2D eigenvalue weighted by molar-refractivity contribution is 0.452. The molecular formula is C12H6Cl2F2O3. The lowest BCUT2D eigenvalue weighted by Crippen LogP contribution is -2.08. The van der Waals surface area contributed by atoms with E-state index in [1.54, 1.807) is 0 Å². The number of hydrogen-bond acceptors (Lipinski definition) is 3. The Bertz CT molecular complexity index is 734. The van der Waals surface area contributed by atoms with Crippen LogP contribution in [0.5, 0.6) is 5.75 Å². The Kier molecular flexibility index (Phi) is 3.78. The summed E-state index contributed by atoms with van der Waals surface area (Å²) in [5.74, 6) is -2.53. The summed E-state index contributed by atoms with van der Waals surface area (Å²) in [5, 5.41) is 9.65. The Balaban J connectivity index is 2.74. The van der Waals surface area contributed by atoms with Gasteiger partial charge in [0, 0.05) is 12.5 Å². The van der Waals surface area contributed by atoms with Gasteiger partial charge in [-0.3, -0.25) is 0 Å². The SMILES string of the molecule is O=c1oc2c(F)cc(F)cc2c(O)c1CC=C(Cl)Cl. The predicted molar refractivity (Wildman–Crippen MR) is 67.6 cm³/mol. The standard InChI is InChI=1S/C12H6Cl2F2O3/c13-9(14)2-1-6-10(17)7-3-5(15)4-8(16)11(7)19-12(6)18/h2-4,17H,1H2. The molecule has 0 fully saturated rings. The first-order valence-corrected chi connectivity index (χ1v) is 5.80. The van der Waals surface area contributed by atoms with Gasteiger partial charge in [0.2, 0.25) is 0 Å². The predicted octanol–water partition coefficient (Wildman–Crippen LogP) is 3.64. The average molecular weight is 307 g/mol. The van der Waals surface area contributed by atoms with Crippen molar-refractivity contribution < 1.29 is 18.3 Å². The lowest BCUT2D eigenvalue weighted by atomic mass is 10.1. The topological polar surface area (TPSA) is 50.4 Å². The largest absolute Gasteiger partial charge is 0.507 e. The Morgan fingerprint density at radius 2 is 2.05 bits per heavy atom. The maximum absolute atomic E-state index is 13.4. The first-order valence-electron chi connectivity index (χ1n) is 5.05. The fraction of sp³-hybridized carbons (Fsp3) is 0.0833. The van der Waals surface area contributed by atoms with Gasteiger partial charge in [0.25, 0.3) is 0 Å². The third-order valence-electron chi connectivity index (χ3n) is 2.45. The van der Waals surface area contributed by atoms with Crippen LogP contribution in [0.4, 0.5) is 8.78 Å². The van der Waals surface area contributed by atoms with Gasteiger partial charge in [-0.15, -0.1) is 0 Å². The van der Waals surface area contributed by atoms with E-state index in [1.165, 1.54) is 6.08 Å². The van der Waals surface area contributed by atoms with Gasteiger partial charge in [-0.2, -0.15) is 0 Å². The molecule has 0 aliphatic rings. The maximum atomic E-state index is 13.4. The molecule has 0 aliphatic carbocycles. The lowest BCUT2D eigenvalue weighted by Gasteiger charge is -2.05. The average Bonchev–Trinajstić information content (AvgIpc) is 2.30. The minimum Gasteiger partial charge on any atom is -0.507 e. The molecule has 0 unspecified atom stereocenters. The summed E-state index contributed by atoms with van der Waals surface area (Å²) in [5.41, 5.74) is -1.63. The molecule has 100 valence electrons. The van der Waals surface area contributed by atoms with Crippen LogP contribution in [0.1, 0.15) is 5.56 Å². The summed E-state index contributed by atoms with van der Waals surface area (Å²) in [6.07, 6.45) is 1.13. The van der Waals surface area contributed by atoms with Crippen molar-refractivity contribution in [3.63, 3.8) is 0 Å². The van der Waals surface area contributed by atoms with Gasteiger partial charge in [0.1, 0.15) is 16.1 Å². The molecule has 2 aromatic rings. The number of rotatable bonds is 2. The highest BCUT2D eigenvalue weighted by Crippen LogP contribution is 2.29. The van der Waals surface area contributed by atoms with Crippen LogP contribution >= 0.6 is 23.2 Å². The normalized spacial score (nSPS) is 10.7. The van der Waals surface area contributed by atoms with Crippen LogP contribution in [0.15, 0.2) is 31.9 Å². The van der Waals surface area contributed by atoms with Gasteiger partial charge < -0.3 is 9.52 Å². The fourth-order valence-corrected chi connectivity index (χ4v) is 1.77. The van der Waals surface area contributed by atoms with Crippen molar-refractivity contribution in [1.82, 2.24) is 0 Å². The first-order chi connectivity index (χ1) is 8.90. The first kappa shape index (κ1) is 13.8. The second kappa shape index (κ2) is 5.19. The number of aromatic hydroxyl groups is 1. The van der Waals surface area contributed by atoms with Gasteiger partial charge in [-0.1, -0.05) is 23.2 Å². The Morgan fingerprint density at radius 1 is 1.37 bits per heavy atom. The molecule has 0 atom stereocenters. The van der Waals surface area contributed by atoms with Crippen molar-refractivity contribution in [3.05, 3.63) is 50.3 Å². The monoisotopic (exact) mass is 306 g/mol. The minimum atomic E-state index is -1.07. The summed E-state index contributed by atoms with van der Waals surface area (Å²) in [4.78, 5) is 11.6. The maximum Gasteiger partial charge on any atom is 0.343 e. The summed E-state index contributed by atoms with van der Waals surface area (Å²) >= 11 is 10.8. The summed E-state index contributed by atoms with van der Waals surface area (Å²) in [6.45, 7) is 0. The number of hydrogen-bond donors (Lipinski definition) is 1. The number of halogens is 4. The van der Waals surface area contributed by atoms with Crippen LogP contribution in [-0.2, 0) is 6.42 Å². The second-order valence-corrected chi connectivity index (χ2v) is 4.69. The van der Waals surface area contributed by atoms with E-state index in [4.69, 9.17) is 27.6 Å². The van der Waals surface area contributed by atoms with Crippen LogP contribution in [0, 0.1) is 11.6 Å². The zero-order chi connectivity index (χ0) is 14.2. The molecule has 0 bridgehead atoms. The van der Waals surface area contributed by atoms with Gasteiger partial charge in [0.05, 0.1) is 10.9 Å². The van der Waals surface area contributed by atoms with Crippen LogP contribution in [0.25, 0.3) is 11.0 Å². The van der Waals surface area contributed by atoms with Gasteiger partial charge in [-0.05, 0) is 12.1 Å². The Morgan fingerprint density at radius 3 is 2.68 bits per heavy atom. The molecule has 0 aliphatic heterocycles. The molecule has 2 rings (SSSR count). The van der Waals surface area contributed by atoms with E-state index in [-0.39, 0.29) is 21.9 Å². The van der Waals surface area contributed by atoms with Crippen molar-refractivity contribution in [3.8, 4) is 5.75 Å². The van der Waals surface area contributed by atoms with E-state index in [9.17, 15) is 18.7 Å². The van der Waals surface area contributed by atoms with E-state index in [0.717, 1.165) is 6.07 Å². The highest BCUT2D eigenvalue weighted by molar-refractivity contribution is 6.55. The van der Waals surface area contributed by atoms with Crippen molar-refractivity contribution in [2.75, 3.05) is 0 Å². The molecule has 7 heteroatoms. The van der Waals surface area contributed by atoms with E-state index in [1.807, 2.05) is 0 Å². The van der Waals surface area contributed by atoms with Crippen molar-refractivity contribution >= 4 is 34.2 Å². The molecule has 0 spiro atoms. The second-order valence-electron chi connectivity index (χ2n) is 3.68. The van der Waals surface area contributed by atoms with Crippen LogP contribution < -0.4 is 5.63 Å². The summed E-state index contributed by atoms with van der Waals surface area (Å²) < 4.78 is 31.1. The molecule has 3 nitrogen and oxygen atoms in total. The number of benzene rings is 1. The molecular weight excluding hydrogens is 301 g/mol. The third kappa shape index (κ3) is 2.72. The molecule has 1 heterocycles. The van der Waals surface area contributed by atoms with Gasteiger partial charge in [0.15, 0.2) is 11.4 Å². The van der Waals surface area contributed by atoms with Crippen LogP contribution in [0.3, 0.4) is 0 Å². The summed E-state index contributed by atoms with van der Waals surface area (Å²) in [6, 6.07) is 1.42. The highest BCUT2D eigenvalue weighted by atomic mass is 35.5. The van der Waals surface area contributed by atoms with E-state index in [0.29, 0.717) is 6.07 Å². The number of fused-ring (bicyclic) bond motifs is 1. The molecule has 19 heavy (non-hydrogen) atoms. The minimum absolute atomic E-state index is 0.107. The van der Waals surface area contributed by atoms with Gasteiger partial charge >= 0.3 is 5.63 Å². The van der Waals surface area contributed by atoms with Gasteiger partial charge in [-0.25, -0.2) is 13.6 Å². The van der Waals surface area contributed by atoms with E-state index >= 15 is 0 Å². The molecule has 0 saturated carbocycles. The van der Waals surface area contributed by atoms with Crippen LogP contribution in [-0.4, -0.2) is 5.11 Å². The number of allylic oxidation sites excluding steroid dienone is 1. The Hall–Kier alpha value is -1.59. The fourth-order valence-electron chi connectivity index (χ4n) is 1.61. The Labute approximate surface area is 115 Å². The molecule has 0 saturated heterocycles. The van der Waals surface area contributed by atoms with Crippen molar-refractivity contribution in [2.24, 2.45) is 0 Å². The quantitative estimate of drug-likeness (QED) is 0.862. The van der Waals surface area contributed by atoms with Crippen molar-refractivity contribution in [2.45, 2.75) is 6.42 Å². The zero-order valence-electron chi connectivity index (χ0n) is 9.21. The van der Waals surface area contributed by atoms with Crippen LogP contribution in [0.2, 0.25) is 0 Å². The van der Waals surface area contributed by atoms with E-state index in [2.05, 4.69) is 0 Å². The molecule has 1 N–H and O–H groups in total. The zero-order valence-corrected chi connectivity index (χ0v) is 10.7. The van der Waals surface area contributed by atoms with Crippen molar-refractivity contribution in [1.29, 1.82) is 0 Å². The third-order valence-corrected chi connectivity index (χ3v) is 2.76. The smallest absolute Gasteiger partial charge is 0.343 e. The molecule has 0 radical (unpaired) electrons. The molecule has 1 aromatic heterocycles. The molecule has 1 aromatic carbocycles. The highest BCUT2D eigenvalue weighted by Gasteiger charge is 2.17.